The predicted molar refractivity (Wildman–Crippen MR) is 94.5 cm³/mol. The molecule has 0 unspecified atom stereocenters. The topological polar surface area (TPSA) is 48.9 Å². The van der Waals surface area contributed by atoms with Crippen LogP contribution in [-0.4, -0.2) is 63.3 Å². The van der Waals surface area contributed by atoms with Crippen molar-refractivity contribution in [1.82, 2.24) is 15.5 Å². The molecule has 0 atom stereocenters. The molecule has 0 saturated carbocycles. The van der Waals surface area contributed by atoms with Crippen LogP contribution < -0.4 is 10.6 Å². The molecule has 0 aromatic heterocycles. The molecule has 22 heavy (non-hydrogen) atoms. The van der Waals surface area contributed by atoms with E-state index in [1.165, 1.54) is 12.8 Å². The highest BCUT2D eigenvalue weighted by Gasteiger charge is 2.34. The summed E-state index contributed by atoms with van der Waals surface area (Å²) in [4.78, 5) is 7.19. The third kappa shape index (κ3) is 5.76. The van der Waals surface area contributed by atoms with E-state index < -0.39 is 0 Å². The summed E-state index contributed by atoms with van der Waals surface area (Å²) in [5.41, 5.74) is 0.134. The molecule has 0 radical (unpaired) electrons. The minimum absolute atomic E-state index is 0.134. The van der Waals surface area contributed by atoms with Crippen molar-refractivity contribution in [3.8, 4) is 0 Å². The quantitative estimate of drug-likeness (QED) is 0.532. The van der Waals surface area contributed by atoms with Gasteiger partial charge in [-0.1, -0.05) is 26.7 Å². The zero-order valence-electron chi connectivity index (χ0n) is 15.2. The minimum Gasteiger partial charge on any atom is -0.381 e. The first-order chi connectivity index (χ1) is 10.6. The number of nitrogens with one attached hydrogen (secondary N) is 2. The molecule has 1 fully saturated rings. The van der Waals surface area contributed by atoms with E-state index in [1.807, 2.05) is 0 Å². The van der Waals surface area contributed by atoms with E-state index in [0.29, 0.717) is 0 Å². The summed E-state index contributed by atoms with van der Waals surface area (Å²) in [5, 5.41) is 6.88. The van der Waals surface area contributed by atoms with Gasteiger partial charge in [-0.25, -0.2) is 0 Å². The Morgan fingerprint density at radius 2 is 1.77 bits per heavy atom. The van der Waals surface area contributed by atoms with Gasteiger partial charge in [0.15, 0.2) is 5.96 Å². The van der Waals surface area contributed by atoms with E-state index in [4.69, 9.17) is 9.73 Å². The standard InChI is InChI=1S/C17H36N4O/c1-6-15(7-2)13-19-16(18-8-3)20-14-17(21(4)5)9-11-22-12-10-17/h15H,6-14H2,1-5H3,(H2,18,19,20). The van der Waals surface area contributed by atoms with Crippen molar-refractivity contribution < 1.29 is 4.74 Å². The maximum absolute atomic E-state index is 5.53. The van der Waals surface area contributed by atoms with Gasteiger partial charge in [-0.05, 0) is 39.8 Å². The number of likely N-dealkylation sites (N-methyl/N-ethyl adjacent to an activating group) is 1. The first-order valence-corrected chi connectivity index (χ1v) is 8.85. The second-order valence-electron chi connectivity index (χ2n) is 6.49. The normalized spacial score (nSPS) is 18.8. The Balaban J connectivity index is 2.66. The van der Waals surface area contributed by atoms with Crippen molar-refractivity contribution in [2.45, 2.75) is 52.0 Å². The van der Waals surface area contributed by atoms with E-state index in [2.05, 4.69) is 50.4 Å². The van der Waals surface area contributed by atoms with Gasteiger partial charge in [-0.2, -0.15) is 0 Å². The molecule has 1 rings (SSSR count). The number of nitrogens with zero attached hydrogens (tertiary/aromatic N) is 2. The molecule has 0 amide bonds. The van der Waals surface area contributed by atoms with Crippen LogP contribution in [0.25, 0.3) is 0 Å². The molecule has 0 spiro atoms. The van der Waals surface area contributed by atoms with Crippen LogP contribution >= 0.6 is 0 Å². The number of hydrogen-bond donors (Lipinski definition) is 2. The predicted octanol–water partition coefficient (Wildman–Crippen LogP) is 2.09. The monoisotopic (exact) mass is 312 g/mol. The zero-order valence-corrected chi connectivity index (χ0v) is 15.2. The van der Waals surface area contributed by atoms with Gasteiger partial charge in [0.2, 0.25) is 0 Å². The molecule has 0 aromatic rings. The van der Waals surface area contributed by atoms with Crippen LogP contribution in [0.5, 0.6) is 0 Å². The largest absolute Gasteiger partial charge is 0.381 e. The Morgan fingerprint density at radius 3 is 2.27 bits per heavy atom. The van der Waals surface area contributed by atoms with Crippen molar-refractivity contribution >= 4 is 5.96 Å². The van der Waals surface area contributed by atoms with E-state index in [0.717, 1.165) is 57.6 Å². The third-order valence-electron chi connectivity index (χ3n) is 4.96. The smallest absolute Gasteiger partial charge is 0.191 e. The Hall–Kier alpha value is -0.810. The van der Waals surface area contributed by atoms with Gasteiger partial charge in [0.05, 0.1) is 6.54 Å². The molecular weight excluding hydrogens is 276 g/mol. The maximum atomic E-state index is 5.53. The fraction of sp³-hybridized carbons (Fsp3) is 0.941. The summed E-state index contributed by atoms with van der Waals surface area (Å²) in [6.07, 6.45) is 4.52. The molecule has 5 heteroatoms. The highest BCUT2D eigenvalue weighted by atomic mass is 16.5. The second-order valence-corrected chi connectivity index (χ2v) is 6.49. The molecule has 1 aliphatic rings. The van der Waals surface area contributed by atoms with Gasteiger partial charge in [0.1, 0.15) is 0 Å². The van der Waals surface area contributed by atoms with E-state index in [1.54, 1.807) is 0 Å². The Bertz CT molecular complexity index is 321. The lowest BCUT2D eigenvalue weighted by Crippen LogP contribution is -2.52. The van der Waals surface area contributed by atoms with Crippen LogP contribution in [0.15, 0.2) is 4.99 Å². The first-order valence-electron chi connectivity index (χ1n) is 8.85. The highest BCUT2D eigenvalue weighted by molar-refractivity contribution is 5.79. The summed E-state index contributed by atoms with van der Waals surface area (Å²) in [6.45, 7) is 11.0. The number of aliphatic imine (C=N–C) groups is 1. The SMILES string of the molecule is CCNC(=NCC1(N(C)C)CCOCC1)NCC(CC)CC. The van der Waals surface area contributed by atoms with Crippen LogP contribution in [0.1, 0.15) is 46.5 Å². The average molecular weight is 313 g/mol. The van der Waals surface area contributed by atoms with E-state index in [-0.39, 0.29) is 5.54 Å². The first kappa shape index (κ1) is 19.2. The van der Waals surface area contributed by atoms with Gasteiger partial charge in [-0.3, -0.25) is 4.99 Å². The maximum Gasteiger partial charge on any atom is 0.191 e. The molecule has 1 saturated heterocycles. The molecule has 0 aliphatic carbocycles. The van der Waals surface area contributed by atoms with Crippen LogP contribution in [0, 0.1) is 5.92 Å². The summed E-state index contributed by atoms with van der Waals surface area (Å²) in [7, 11) is 4.32. The van der Waals surface area contributed by atoms with Crippen LogP contribution in [0.3, 0.4) is 0 Å². The second kappa shape index (κ2) is 10.1. The lowest BCUT2D eigenvalue weighted by molar-refractivity contribution is -0.00255. The van der Waals surface area contributed by atoms with Gasteiger partial charge in [0.25, 0.3) is 0 Å². The summed E-state index contributed by atoms with van der Waals surface area (Å²) < 4.78 is 5.53. The van der Waals surface area contributed by atoms with Crippen molar-refractivity contribution in [3.05, 3.63) is 0 Å². The zero-order chi connectivity index (χ0) is 16.4. The van der Waals surface area contributed by atoms with Crippen molar-refractivity contribution in [2.24, 2.45) is 10.9 Å². The van der Waals surface area contributed by atoms with Crippen molar-refractivity contribution in [2.75, 3.05) is 46.9 Å². The van der Waals surface area contributed by atoms with Crippen LogP contribution in [-0.2, 0) is 4.74 Å². The third-order valence-corrected chi connectivity index (χ3v) is 4.96. The van der Waals surface area contributed by atoms with Gasteiger partial charge >= 0.3 is 0 Å². The van der Waals surface area contributed by atoms with Crippen LogP contribution in [0.2, 0.25) is 0 Å². The molecule has 1 heterocycles. The van der Waals surface area contributed by atoms with Gasteiger partial charge in [-0.15, -0.1) is 0 Å². The average Bonchev–Trinajstić information content (AvgIpc) is 2.54. The number of guanidine groups is 1. The highest BCUT2D eigenvalue weighted by Crippen LogP contribution is 2.26. The Kier molecular flexibility index (Phi) is 8.79. The fourth-order valence-electron chi connectivity index (χ4n) is 2.88. The number of rotatable bonds is 8. The number of hydrogen-bond acceptors (Lipinski definition) is 3. The molecule has 130 valence electrons. The van der Waals surface area contributed by atoms with E-state index >= 15 is 0 Å². The Morgan fingerprint density at radius 1 is 1.14 bits per heavy atom. The minimum atomic E-state index is 0.134. The van der Waals surface area contributed by atoms with Gasteiger partial charge < -0.3 is 20.3 Å². The molecule has 0 bridgehead atoms. The fourth-order valence-corrected chi connectivity index (χ4v) is 2.88. The summed E-state index contributed by atoms with van der Waals surface area (Å²) in [6, 6.07) is 0. The molecule has 2 N–H and O–H groups in total. The molecule has 1 aliphatic heterocycles. The molecule has 0 aromatic carbocycles. The summed E-state index contributed by atoms with van der Waals surface area (Å²) >= 11 is 0. The van der Waals surface area contributed by atoms with Crippen LogP contribution in [0.4, 0.5) is 0 Å². The van der Waals surface area contributed by atoms with Crippen molar-refractivity contribution in [3.63, 3.8) is 0 Å². The number of ether oxygens (including phenoxy) is 1. The Labute approximate surface area is 136 Å². The lowest BCUT2D eigenvalue weighted by atomic mass is 9.89. The molecular formula is C17H36N4O. The lowest BCUT2D eigenvalue weighted by Gasteiger charge is -2.41. The van der Waals surface area contributed by atoms with E-state index in [9.17, 15) is 0 Å². The van der Waals surface area contributed by atoms with Crippen molar-refractivity contribution in [1.29, 1.82) is 0 Å². The molecule has 5 nitrogen and oxygen atoms in total. The summed E-state index contributed by atoms with van der Waals surface area (Å²) in [5.74, 6) is 1.66. The van der Waals surface area contributed by atoms with Gasteiger partial charge in [0, 0.05) is 31.8 Å².